The van der Waals surface area contributed by atoms with Crippen molar-refractivity contribution in [1.29, 1.82) is 0 Å². The summed E-state index contributed by atoms with van der Waals surface area (Å²) in [5, 5.41) is 0. The molecular formula is C11H15F2Ti. The van der Waals surface area contributed by atoms with Crippen molar-refractivity contribution in [2.75, 3.05) is 0 Å². The monoisotopic (exact) mass is 233 g/mol. The first-order valence-corrected chi connectivity index (χ1v) is 5.77. The molecule has 2 aliphatic carbocycles. The van der Waals surface area contributed by atoms with Crippen molar-refractivity contribution >= 4 is 0 Å². The number of halogens is 2. The molecule has 0 aromatic heterocycles. The van der Waals surface area contributed by atoms with Crippen LogP contribution < -0.4 is 9.41 Å². The van der Waals surface area contributed by atoms with Crippen molar-refractivity contribution in [2.45, 2.75) is 38.5 Å². The molecule has 0 aromatic rings. The Morgan fingerprint density at radius 1 is 1.07 bits per heavy atom. The van der Waals surface area contributed by atoms with E-state index in [4.69, 9.17) is 0 Å². The van der Waals surface area contributed by atoms with Gasteiger partial charge in [0, 0.05) is 0 Å². The molecule has 0 N–H and O–H groups in total. The van der Waals surface area contributed by atoms with Crippen LogP contribution in [0.25, 0.3) is 0 Å². The molecule has 2 aliphatic rings. The normalized spacial score (nSPS) is 21.9. The minimum absolute atomic E-state index is 0. The van der Waals surface area contributed by atoms with E-state index in [0.717, 1.165) is 5.92 Å². The number of rotatable bonds is 1. The van der Waals surface area contributed by atoms with Crippen LogP contribution in [0.4, 0.5) is 0 Å². The van der Waals surface area contributed by atoms with Gasteiger partial charge in [0.1, 0.15) is 0 Å². The molecule has 0 heterocycles. The van der Waals surface area contributed by atoms with Crippen molar-refractivity contribution < 1.29 is 29.8 Å². The summed E-state index contributed by atoms with van der Waals surface area (Å²) < 4.78 is 1.63. The van der Waals surface area contributed by atoms with Gasteiger partial charge in [0.15, 0.2) is 0 Å². The zero-order valence-electron chi connectivity index (χ0n) is 8.23. The van der Waals surface area contributed by atoms with Gasteiger partial charge in [-0.3, -0.25) is 0 Å². The number of hydrogen-bond acceptors (Lipinski definition) is 0. The average molecular weight is 233 g/mol. The van der Waals surface area contributed by atoms with E-state index in [2.05, 4.69) is 32.6 Å². The summed E-state index contributed by atoms with van der Waals surface area (Å²) in [7, 11) is 0. The number of hydrogen-bond donors (Lipinski definition) is 0. The van der Waals surface area contributed by atoms with Crippen LogP contribution >= 0.6 is 0 Å². The Kier molecular flexibility index (Phi) is 6.55. The fourth-order valence-corrected chi connectivity index (χ4v) is 2.95. The maximum atomic E-state index is 2.37. The van der Waals surface area contributed by atoms with Crippen molar-refractivity contribution in [3.63, 3.8) is 0 Å². The topological polar surface area (TPSA) is 0 Å². The van der Waals surface area contributed by atoms with Crippen LogP contribution in [0.15, 0.2) is 21.6 Å². The first-order valence-electron chi connectivity index (χ1n) is 4.99. The van der Waals surface area contributed by atoms with Gasteiger partial charge in [0.25, 0.3) is 0 Å². The third-order valence-corrected chi connectivity index (χ3v) is 3.78. The van der Waals surface area contributed by atoms with Gasteiger partial charge in [-0.1, -0.05) is 0 Å². The van der Waals surface area contributed by atoms with Crippen LogP contribution in [-0.4, -0.2) is 0 Å². The number of allylic oxidation sites excluding steroid dienone is 4. The molecule has 0 saturated heterocycles. The molecule has 1 saturated carbocycles. The quantitative estimate of drug-likeness (QED) is 0.433. The second-order valence-electron chi connectivity index (χ2n) is 3.88. The molecule has 0 nitrogen and oxygen atoms in total. The summed E-state index contributed by atoms with van der Waals surface area (Å²) in [5.74, 6) is 0.914. The summed E-state index contributed by atoms with van der Waals surface area (Å²) in [6, 6.07) is 0. The Labute approximate surface area is 96.0 Å². The standard InChI is InChI=1S/C11H15.2FH.Ti/c1-2-6-10(7-3-1)11-8-4-5-9-11;;;/h4,8,10H,1-3,5-7H2;2*1H;/q;;;+2/p-2. The van der Waals surface area contributed by atoms with E-state index >= 15 is 0 Å². The molecule has 0 unspecified atom stereocenters. The first kappa shape index (κ1) is 14.1. The summed E-state index contributed by atoms with van der Waals surface area (Å²) in [4.78, 5) is 0. The van der Waals surface area contributed by atoms with Gasteiger partial charge in [-0.05, 0) is 0 Å². The SMILES string of the molecule is [F-].[F-].[Ti+2][C]1=C(C2CCCCC2)C=CC1. The molecule has 0 bridgehead atoms. The summed E-state index contributed by atoms with van der Waals surface area (Å²) in [6.45, 7) is 0. The van der Waals surface area contributed by atoms with E-state index in [1.165, 1.54) is 38.5 Å². The van der Waals surface area contributed by atoms with Crippen LogP contribution in [0.3, 0.4) is 0 Å². The molecule has 0 atom stereocenters. The van der Waals surface area contributed by atoms with E-state index in [1.807, 2.05) is 0 Å². The van der Waals surface area contributed by atoms with Crippen LogP contribution in [0.5, 0.6) is 0 Å². The van der Waals surface area contributed by atoms with Crippen molar-refractivity contribution in [3.8, 4) is 0 Å². The Balaban J connectivity index is 0.000000845. The Bertz CT molecular complexity index is 227. The van der Waals surface area contributed by atoms with E-state index < -0.39 is 0 Å². The molecule has 0 amide bonds. The van der Waals surface area contributed by atoms with E-state index in [1.54, 1.807) is 9.45 Å². The third-order valence-electron chi connectivity index (χ3n) is 3.01. The molecule has 0 spiro atoms. The van der Waals surface area contributed by atoms with Crippen LogP contribution in [0.2, 0.25) is 0 Å². The zero-order valence-corrected chi connectivity index (χ0v) is 9.79. The minimum atomic E-state index is 0. The average Bonchev–Trinajstić information content (AvgIpc) is 2.53. The maximum absolute atomic E-state index is 2.37. The fourth-order valence-electron chi connectivity index (χ4n) is 2.32. The predicted octanol–water partition coefficient (Wildman–Crippen LogP) is -2.66. The van der Waals surface area contributed by atoms with Crippen LogP contribution in [-0.2, 0) is 20.4 Å². The van der Waals surface area contributed by atoms with Gasteiger partial charge < -0.3 is 9.41 Å². The van der Waals surface area contributed by atoms with Gasteiger partial charge in [-0.2, -0.15) is 0 Å². The van der Waals surface area contributed by atoms with Gasteiger partial charge in [0.2, 0.25) is 0 Å². The van der Waals surface area contributed by atoms with E-state index in [-0.39, 0.29) is 9.41 Å². The fraction of sp³-hybridized carbons (Fsp3) is 0.636. The van der Waals surface area contributed by atoms with Gasteiger partial charge in [-0.25, -0.2) is 0 Å². The Hall–Kier alpha value is 0.0543. The van der Waals surface area contributed by atoms with E-state index in [9.17, 15) is 0 Å². The second-order valence-corrected chi connectivity index (χ2v) is 4.82. The van der Waals surface area contributed by atoms with Crippen molar-refractivity contribution in [2.24, 2.45) is 5.92 Å². The van der Waals surface area contributed by atoms with Crippen molar-refractivity contribution in [3.05, 3.63) is 21.6 Å². The zero-order chi connectivity index (χ0) is 8.39. The van der Waals surface area contributed by atoms with Crippen molar-refractivity contribution in [1.82, 2.24) is 0 Å². The van der Waals surface area contributed by atoms with Gasteiger partial charge >= 0.3 is 86.5 Å². The Morgan fingerprint density at radius 2 is 1.71 bits per heavy atom. The molecule has 0 aromatic carbocycles. The third kappa shape index (κ3) is 3.03. The molecule has 77 valence electrons. The summed E-state index contributed by atoms with van der Waals surface area (Å²) in [6.07, 6.45) is 13.2. The van der Waals surface area contributed by atoms with Gasteiger partial charge in [-0.15, -0.1) is 0 Å². The van der Waals surface area contributed by atoms with Crippen LogP contribution in [0.1, 0.15) is 38.5 Å². The van der Waals surface area contributed by atoms with E-state index in [0.29, 0.717) is 0 Å². The van der Waals surface area contributed by atoms with Crippen LogP contribution in [0, 0.1) is 5.92 Å². The summed E-state index contributed by atoms with van der Waals surface area (Å²) >= 11 is 2.30. The molecule has 0 aliphatic heterocycles. The van der Waals surface area contributed by atoms with Gasteiger partial charge in [0.05, 0.1) is 0 Å². The molecule has 1 fully saturated rings. The Morgan fingerprint density at radius 3 is 2.21 bits per heavy atom. The molecular weight excluding hydrogens is 218 g/mol. The summed E-state index contributed by atoms with van der Waals surface area (Å²) in [5.41, 5.74) is 1.68. The second kappa shape index (κ2) is 6.52. The molecule has 0 radical (unpaired) electrons. The molecule has 14 heavy (non-hydrogen) atoms. The molecule has 2 rings (SSSR count). The predicted molar refractivity (Wildman–Crippen MR) is 47.4 cm³/mol. The molecule has 3 heteroatoms. The first-order chi connectivity index (χ1) is 5.88.